The highest BCUT2D eigenvalue weighted by molar-refractivity contribution is 6.29. The van der Waals surface area contributed by atoms with Gasteiger partial charge in [0.1, 0.15) is 16.8 Å². The van der Waals surface area contributed by atoms with Gasteiger partial charge in [0.05, 0.1) is 0 Å². The van der Waals surface area contributed by atoms with Crippen LogP contribution in [0.15, 0.2) is 24.3 Å². The van der Waals surface area contributed by atoms with E-state index in [1.165, 1.54) is 12.1 Å². The zero-order valence-corrected chi connectivity index (χ0v) is 12.1. The predicted molar refractivity (Wildman–Crippen MR) is 75.4 cm³/mol. The number of nitrogens with one attached hydrogen (secondary N) is 1. The summed E-state index contributed by atoms with van der Waals surface area (Å²) in [5, 5.41) is 3.17. The number of halogens is 3. The molecular formula is C14H14ClF2N3. The maximum atomic E-state index is 13.2. The lowest BCUT2D eigenvalue weighted by molar-refractivity contribution is 0.509. The van der Waals surface area contributed by atoms with E-state index in [4.69, 9.17) is 11.6 Å². The maximum absolute atomic E-state index is 13.2. The fourth-order valence-electron chi connectivity index (χ4n) is 1.54. The molecule has 1 heterocycles. The molecule has 6 heteroatoms. The van der Waals surface area contributed by atoms with E-state index >= 15 is 0 Å². The molecule has 1 aromatic carbocycles. The second-order valence-corrected chi connectivity index (χ2v) is 5.79. The second kappa shape index (κ2) is 5.32. The van der Waals surface area contributed by atoms with Crippen LogP contribution in [0.4, 0.5) is 20.3 Å². The number of aromatic nitrogens is 2. The maximum Gasteiger partial charge on any atom is 0.160 e. The molecule has 0 aliphatic carbocycles. The molecule has 0 atom stereocenters. The summed E-state index contributed by atoms with van der Waals surface area (Å²) >= 11 is 5.95. The van der Waals surface area contributed by atoms with E-state index < -0.39 is 11.6 Å². The molecular weight excluding hydrogens is 284 g/mol. The SMILES string of the molecule is CC(C)(C)c1nc(Cl)cc(Nc2ccc(F)c(F)c2)n1. The first-order valence-electron chi connectivity index (χ1n) is 6.03. The van der Waals surface area contributed by atoms with Crippen molar-refractivity contribution in [3.8, 4) is 0 Å². The van der Waals surface area contributed by atoms with Crippen LogP contribution in [0.5, 0.6) is 0 Å². The lowest BCUT2D eigenvalue weighted by atomic mass is 9.96. The van der Waals surface area contributed by atoms with Gasteiger partial charge < -0.3 is 5.32 Å². The Morgan fingerprint density at radius 1 is 1.05 bits per heavy atom. The Morgan fingerprint density at radius 3 is 2.35 bits per heavy atom. The average molecular weight is 298 g/mol. The van der Waals surface area contributed by atoms with Gasteiger partial charge in [-0.15, -0.1) is 0 Å². The zero-order valence-electron chi connectivity index (χ0n) is 11.3. The minimum Gasteiger partial charge on any atom is -0.340 e. The number of anilines is 2. The van der Waals surface area contributed by atoms with Crippen molar-refractivity contribution in [2.45, 2.75) is 26.2 Å². The first-order chi connectivity index (χ1) is 9.25. The molecule has 0 radical (unpaired) electrons. The van der Waals surface area contributed by atoms with Gasteiger partial charge in [0.25, 0.3) is 0 Å². The van der Waals surface area contributed by atoms with Crippen LogP contribution in [-0.4, -0.2) is 9.97 Å². The predicted octanol–water partition coefficient (Wildman–Crippen LogP) is 4.45. The molecule has 0 bridgehead atoms. The van der Waals surface area contributed by atoms with Crippen molar-refractivity contribution in [1.82, 2.24) is 9.97 Å². The molecule has 0 spiro atoms. The normalized spacial score (nSPS) is 11.5. The summed E-state index contributed by atoms with van der Waals surface area (Å²) in [6, 6.07) is 5.05. The van der Waals surface area contributed by atoms with Gasteiger partial charge in [0, 0.05) is 23.2 Å². The largest absolute Gasteiger partial charge is 0.340 e. The topological polar surface area (TPSA) is 37.8 Å². The van der Waals surface area contributed by atoms with Crippen LogP contribution in [0.3, 0.4) is 0 Å². The lowest BCUT2D eigenvalue weighted by Crippen LogP contribution is -2.16. The van der Waals surface area contributed by atoms with Crippen molar-refractivity contribution in [3.63, 3.8) is 0 Å². The molecule has 0 aliphatic heterocycles. The fraction of sp³-hybridized carbons (Fsp3) is 0.286. The van der Waals surface area contributed by atoms with E-state index in [2.05, 4.69) is 15.3 Å². The Labute approximate surface area is 121 Å². The third kappa shape index (κ3) is 3.42. The van der Waals surface area contributed by atoms with Crippen LogP contribution >= 0.6 is 11.6 Å². The Kier molecular flexibility index (Phi) is 3.90. The van der Waals surface area contributed by atoms with Crippen LogP contribution < -0.4 is 5.32 Å². The van der Waals surface area contributed by atoms with E-state index in [9.17, 15) is 8.78 Å². The van der Waals surface area contributed by atoms with Crippen molar-refractivity contribution in [2.75, 3.05) is 5.32 Å². The van der Waals surface area contributed by atoms with Crippen molar-refractivity contribution < 1.29 is 8.78 Å². The van der Waals surface area contributed by atoms with E-state index in [1.807, 2.05) is 20.8 Å². The highest BCUT2D eigenvalue weighted by Gasteiger charge is 2.19. The minimum atomic E-state index is -0.925. The molecule has 0 aliphatic rings. The summed E-state index contributed by atoms with van der Waals surface area (Å²) in [4.78, 5) is 8.49. The van der Waals surface area contributed by atoms with Crippen molar-refractivity contribution in [3.05, 3.63) is 46.9 Å². The Bertz CT molecular complexity index is 639. The van der Waals surface area contributed by atoms with Crippen molar-refractivity contribution in [2.24, 2.45) is 0 Å². The third-order valence-electron chi connectivity index (χ3n) is 2.56. The average Bonchev–Trinajstić information content (AvgIpc) is 2.32. The number of benzene rings is 1. The smallest absolute Gasteiger partial charge is 0.160 e. The summed E-state index contributed by atoms with van der Waals surface area (Å²) in [7, 11) is 0. The van der Waals surface area contributed by atoms with Crippen molar-refractivity contribution in [1.29, 1.82) is 0 Å². The summed E-state index contributed by atoms with van der Waals surface area (Å²) in [6.45, 7) is 5.88. The molecule has 0 saturated carbocycles. The van der Waals surface area contributed by atoms with Crippen LogP contribution in [0, 0.1) is 11.6 Å². The zero-order chi connectivity index (χ0) is 14.9. The van der Waals surface area contributed by atoms with Crippen LogP contribution in [0.1, 0.15) is 26.6 Å². The summed E-state index contributed by atoms with van der Waals surface area (Å²) < 4.78 is 26.0. The van der Waals surface area contributed by atoms with Gasteiger partial charge in [-0.05, 0) is 12.1 Å². The highest BCUT2D eigenvalue weighted by Crippen LogP contribution is 2.24. The molecule has 2 rings (SSSR count). The first kappa shape index (κ1) is 14.7. The van der Waals surface area contributed by atoms with Gasteiger partial charge in [-0.25, -0.2) is 18.7 Å². The van der Waals surface area contributed by atoms with E-state index in [0.29, 0.717) is 17.3 Å². The Morgan fingerprint density at radius 2 is 1.75 bits per heavy atom. The molecule has 3 nitrogen and oxygen atoms in total. The van der Waals surface area contributed by atoms with Gasteiger partial charge in [-0.1, -0.05) is 32.4 Å². The quantitative estimate of drug-likeness (QED) is 0.832. The van der Waals surface area contributed by atoms with E-state index in [0.717, 1.165) is 12.1 Å². The molecule has 1 N–H and O–H groups in total. The number of hydrogen-bond acceptors (Lipinski definition) is 3. The highest BCUT2D eigenvalue weighted by atomic mass is 35.5. The molecule has 20 heavy (non-hydrogen) atoms. The molecule has 0 fully saturated rings. The number of hydrogen-bond donors (Lipinski definition) is 1. The summed E-state index contributed by atoms with van der Waals surface area (Å²) in [6.07, 6.45) is 0. The van der Waals surface area contributed by atoms with Gasteiger partial charge in [0.15, 0.2) is 11.6 Å². The van der Waals surface area contributed by atoms with Crippen LogP contribution in [0.25, 0.3) is 0 Å². The molecule has 1 aromatic heterocycles. The van der Waals surface area contributed by atoms with E-state index in [-0.39, 0.29) is 10.6 Å². The van der Waals surface area contributed by atoms with Crippen molar-refractivity contribution >= 4 is 23.1 Å². The van der Waals surface area contributed by atoms with Gasteiger partial charge in [-0.3, -0.25) is 0 Å². The second-order valence-electron chi connectivity index (χ2n) is 5.40. The van der Waals surface area contributed by atoms with Gasteiger partial charge in [0.2, 0.25) is 0 Å². The standard InChI is InChI=1S/C14H14ClF2N3/c1-14(2,3)13-19-11(15)7-12(20-13)18-8-4-5-9(16)10(17)6-8/h4-7H,1-3H3,(H,18,19,20). The Hall–Kier alpha value is -1.75. The number of rotatable bonds is 2. The molecule has 0 amide bonds. The molecule has 2 aromatic rings. The molecule has 0 unspecified atom stereocenters. The van der Waals surface area contributed by atoms with E-state index in [1.54, 1.807) is 0 Å². The monoisotopic (exact) mass is 297 g/mol. The lowest BCUT2D eigenvalue weighted by Gasteiger charge is -2.17. The summed E-state index contributed by atoms with van der Waals surface area (Å²) in [5.74, 6) is -0.825. The van der Waals surface area contributed by atoms with Crippen LogP contribution in [0.2, 0.25) is 5.15 Å². The number of nitrogens with zero attached hydrogens (tertiary/aromatic N) is 2. The third-order valence-corrected chi connectivity index (χ3v) is 2.75. The molecule has 0 saturated heterocycles. The minimum absolute atomic E-state index is 0.268. The Balaban J connectivity index is 2.33. The van der Waals surface area contributed by atoms with Crippen LogP contribution in [-0.2, 0) is 5.41 Å². The molecule has 106 valence electrons. The van der Waals surface area contributed by atoms with Gasteiger partial charge >= 0.3 is 0 Å². The fourth-order valence-corrected chi connectivity index (χ4v) is 1.72. The summed E-state index contributed by atoms with van der Waals surface area (Å²) in [5.41, 5.74) is 0.119. The first-order valence-corrected chi connectivity index (χ1v) is 6.40. The van der Waals surface area contributed by atoms with Gasteiger partial charge in [-0.2, -0.15) is 0 Å².